The number of nitrogens with two attached hydrogens (primary N) is 1. The van der Waals surface area contributed by atoms with E-state index in [4.69, 9.17) is 10.5 Å². The molecule has 0 radical (unpaired) electrons. The first kappa shape index (κ1) is 13.6. The van der Waals surface area contributed by atoms with E-state index in [0.717, 1.165) is 44.4 Å². The van der Waals surface area contributed by atoms with Gasteiger partial charge in [-0.05, 0) is 31.7 Å². The van der Waals surface area contributed by atoms with E-state index < -0.39 is 0 Å². The van der Waals surface area contributed by atoms with E-state index in [1.54, 1.807) is 0 Å². The Morgan fingerprint density at radius 3 is 2.89 bits per heavy atom. The largest absolute Gasteiger partial charge is 0.377 e. The lowest BCUT2D eigenvalue weighted by molar-refractivity contribution is 0.0897. The van der Waals surface area contributed by atoms with Gasteiger partial charge < -0.3 is 10.5 Å². The summed E-state index contributed by atoms with van der Waals surface area (Å²) in [5, 5.41) is 4.64. The molecule has 1 aromatic heterocycles. The highest BCUT2D eigenvalue weighted by Gasteiger charge is 2.23. The second-order valence-corrected chi connectivity index (χ2v) is 5.18. The Bertz CT molecular complexity index is 354. The monoisotopic (exact) mass is 251 g/mol. The van der Waals surface area contributed by atoms with Crippen molar-refractivity contribution in [1.29, 1.82) is 0 Å². The van der Waals surface area contributed by atoms with E-state index in [1.807, 2.05) is 0 Å². The normalized spacial score (nSPS) is 21.7. The Labute approximate surface area is 110 Å². The number of hydrogen-bond acceptors (Lipinski definition) is 3. The fourth-order valence-corrected chi connectivity index (χ4v) is 2.67. The Morgan fingerprint density at radius 1 is 1.50 bits per heavy atom. The molecule has 0 amide bonds. The SMILES string of the molecule is CCC(CC)n1ccc(CC(N)C2CCCO2)n1. The molecule has 0 saturated carbocycles. The molecule has 2 rings (SSSR count). The Morgan fingerprint density at radius 2 is 2.28 bits per heavy atom. The van der Waals surface area contributed by atoms with Crippen LogP contribution in [0.3, 0.4) is 0 Å². The van der Waals surface area contributed by atoms with Crippen LogP contribution in [0, 0.1) is 0 Å². The van der Waals surface area contributed by atoms with E-state index in [2.05, 4.69) is 35.9 Å². The van der Waals surface area contributed by atoms with Crippen LogP contribution in [-0.4, -0.2) is 28.5 Å². The first-order valence-corrected chi connectivity index (χ1v) is 7.15. The van der Waals surface area contributed by atoms with Gasteiger partial charge in [0.2, 0.25) is 0 Å². The van der Waals surface area contributed by atoms with Crippen molar-refractivity contribution < 1.29 is 4.74 Å². The van der Waals surface area contributed by atoms with Crippen LogP contribution in [0.25, 0.3) is 0 Å². The van der Waals surface area contributed by atoms with Gasteiger partial charge in [-0.1, -0.05) is 13.8 Å². The first-order chi connectivity index (χ1) is 8.74. The number of nitrogens with zero attached hydrogens (tertiary/aromatic N) is 2. The van der Waals surface area contributed by atoms with Gasteiger partial charge in [-0.25, -0.2) is 0 Å². The number of rotatable bonds is 6. The molecule has 1 aliphatic heterocycles. The third-order valence-electron chi connectivity index (χ3n) is 3.87. The molecule has 102 valence electrons. The van der Waals surface area contributed by atoms with Crippen molar-refractivity contribution in [3.8, 4) is 0 Å². The lowest BCUT2D eigenvalue weighted by atomic mass is 10.0. The highest BCUT2D eigenvalue weighted by molar-refractivity contribution is 5.03. The molecule has 2 heterocycles. The summed E-state index contributed by atoms with van der Waals surface area (Å²) in [6.07, 6.45) is 7.59. The van der Waals surface area contributed by atoms with Gasteiger partial charge in [0.1, 0.15) is 0 Å². The maximum absolute atomic E-state index is 6.19. The van der Waals surface area contributed by atoms with Crippen molar-refractivity contribution >= 4 is 0 Å². The summed E-state index contributed by atoms with van der Waals surface area (Å²) in [6.45, 7) is 5.27. The quantitative estimate of drug-likeness (QED) is 0.844. The van der Waals surface area contributed by atoms with Gasteiger partial charge >= 0.3 is 0 Å². The zero-order valence-corrected chi connectivity index (χ0v) is 11.5. The third kappa shape index (κ3) is 3.12. The zero-order chi connectivity index (χ0) is 13.0. The number of hydrogen-bond donors (Lipinski definition) is 1. The van der Waals surface area contributed by atoms with Gasteiger partial charge in [0.25, 0.3) is 0 Å². The molecule has 0 aromatic carbocycles. The van der Waals surface area contributed by atoms with Crippen molar-refractivity contribution in [3.05, 3.63) is 18.0 Å². The van der Waals surface area contributed by atoms with E-state index in [1.165, 1.54) is 0 Å². The molecule has 2 atom stereocenters. The van der Waals surface area contributed by atoms with Crippen LogP contribution in [0.5, 0.6) is 0 Å². The van der Waals surface area contributed by atoms with Gasteiger partial charge in [-0.3, -0.25) is 4.68 Å². The summed E-state index contributed by atoms with van der Waals surface area (Å²) in [7, 11) is 0. The minimum atomic E-state index is 0.0811. The number of aromatic nitrogens is 2. The Kier molecular flexibility index (Phi) is 4.78. The van der Waals surface area contributed by atoms with Crippen molar-refractivity contribution in [2.45, 2.75) is 64.1 Å². The van der Waals surface area contributed by atoms with Crippen LogP contribution >= 0.6 is 0 Å². The van der Waals surface area contributed by atoms with Crippen LogP contribution in [-0.2, 0) is 11.2 Å². The van der Waals surface area contributed by atoms with Gasteiger partial charge in [-0.15, -0.1) is 0 Å². The topological polar surface area (TPSA) is 53.1 Å². The summed E-state index contributed by atoms with van der Waals surface area (Å²) < 4.78 is 7.70. The van der Waals surface area contributed by atoms with Crippen molar-refractivity contribution in [3.63, 3.8) is 0 Å². The summed E-state index contributed by atoms with van der Waals surface area (Å²) >= 11 is 0. The van der Waals surface area contributed by atoms with E-state index >= 15 is 0 Å². The zero-order valence-electron chi connectivity index (χ0n) is 11.5. The lowest BCUT2D eigenvalue weighted by Crippen LogP contribution is -2.36. The smallest absolute Gasteiger partial charge is 0.0730 e. The molecule has 18 heavy (non-hydrogen) atoms. The molecule has 2 unspecified atom stereocenters. The summed E-state index contributed by atoms with van der Waals surface area (Å²) in [5.74, 6) is 0. The molecule has 0 aliphatic carbocycles. The summed E-state index contributed by atoms with van der Waals surface area (Å²) in [6, 6.07) is 2.68. The Balaban J connectivity index is 1.93. The average Bonchev–Trinajstić information content (AvgIpc) is 3.01. The third-order valence-corrected chi connectivity index (χ3v) is 3.87. The second kappa shape index (κ2) is 6.34. The minimum Gasteiger partial charge on any atom is -0.377 e. The minimum absolute atomic E-state index is 0.0811. The molecule has 0 spiro atoms. The summed E-state index contributed by atoms with van der Waals surface area (Å²) in [4.78, 5) is 0. The Hall–Kier alpha value is -0.870. The molecule has 1 aromatic rings. The van der Waals surface area contributed by atoms with Gasteiger partial charge in [-0.2, -0.15) is 5.10 Å². The molecule has 0 bridgehead atoms. The van der Waals surface area contributed by atoms with E-state index in [0.29, 0.717) is 6.04 Å². The van der Waals surface area contributed by atoms with Crippen LogP contribution in [0.4, 0.5) is 0 Å². The van der Waals surface area contributed by atoms with Crippen molar-refractivity contribution in [2.75, 3.05) is 6.61 Å². The molecule has 1 saturated heterocycles. The van der Waals surface area contributed by atoms with Crippen LogP contribution in [0.15, 0.2) is 12.3 Å². The molecule has 1 aliphatic rings. The summed E-state index contributed by atoms with van der Waals surface area (Å²) in [5.41, 5.74) is 7.27. The van der Waals surface area contributed by atoms with Gasteiger partial charge in [0.05, 0.1) is 17.8 Å². The first-order valence-electron chi connectivity index (χ1n) is 7.15. The van der Waals surface area contributed by atoms with Crippen LogP contribution in [0.2, 0.25) is 0 Å². The fourth-order valence-electron chi connectivity index (χ4n) is 2.67. The maximum atomic E-state index is 6.19. The highest BCUT2D eigenvalue weighted by atomic mass is 16.5. The standard InChI is InChI=1S/C14H25N3O/c1-3-12(4-2)17-8-7-11(16-17)10-13(15)14-6-5-9-18-14/h7-8,12-14H,3-6,9-10,15H2,1-2H3. The van der Waals surface area contributed by atoms with Gasteiger partial charge in [0.15, 0.2) is 0 Å². The van der Waals surface area contributed by atoms with Crippen molar-refractivity contribution in [2.24, 2.45) is 5.73 Å². The average molecular weight is 251 g/mol. The van der Waals surface area contributed by atoms with Crippen LogP contribution < -0.4 is 5.73 Å². The molecule has 2 N–H and O–H groups in total. The second-order valence-electron chi connectivity index (χ2n) is 5.18. The number of ether oxygens (including phenoxy) is 1. The molecular formula is C14H25N3O. The lowest BCUT2D eigenvalue weighted by Gasteiger charge is -2.17. The van der Waals surface area contributed by atoms with E-state index in [-0.39, 0.29) is 12.1 Å². The molecule has 4 nitrogen and oxygen atoms in total. The van der Waals surface area contributed by atoms with Crippen molar-refractivity contribution in [1.82, 2.24) is 9.78 Å². The molecule has 4 heteroatoms. The van der Waals surface area contributed by atoms with Gasteiger partial charge in [0, 0.05) is 25.3 Å². The maximum Gasteiger partial charge on any atom is 0.0730 e. The molecular weight excluding hydrogens is 226 g/mol. The van der Waals surface area contributed by atoms with Crippen LogP contribution in [0.1, 0.15) is 51.3 Å². The fraction of sp³-hybridized carbons (Fsp3) is 0.786. The molecule has 1 fully saturated rings. The predicted molar refractivity (Wildman–Crippen MR) is 72.5 cm³/mol. The highest BCUT2D eigenvalue weighted by Crippen LogP contribution is 2.18. The predicted octanol–water partition coefficient (Wildman–Crippen LogP) is 2.29. The van der Waals surface area contributed by atoms with E-state index in [9.17, 15) is 0 Å².